The number of nitriles is 1. The summed E-state index contributed by atoms with van der Waals surface area (Å²) in [5.74, 6) is -0.160. The first-order chi connectivity index (χ1) is 12.9. The molecule has 2 aliphatic rings. The van der Waals surface area contributed by atoms with Gasteiger partial charge < -0.3 is 14.6 Å². The van der Waals surface area contributed by atoms with Crippen LogP contribution in [0.25, 0.3) is 0 Å². The zero-order valence-corrected chi connectivity index (χ0v) is 18.0. The second-order valence-corrected chi connectivity index (χ2v) is 10.1. The Bertz CT molecular complexity index is 869. The van der Waals surface area contributed by atoms with Gasteiger partial charge in [-0.3, -0.25) is 9.59 Å². The number of esters is 1. The highest BCUT2D eigenvalue weighted by Crippen LogP contribution is 2.53. The molecule has 6 heteroatoms. The Morgan fingerprint density at radius 1 is 1.39 bits per heavy atom. The third-order valence-corrected chi connectivity index (χ3v) is 6.19. The number of hydrogen-bond donors (Lipinski definition) is 1. The van der Waals surface area contributed by atoms with E-state index in [1.165, 1.54) is 0 Å². The molecule has 1 aliphatic heterocycles. The van der Waals surface area contributed by atoms with Crippen LogP contribution in [0.3, 0.4) is 0 Å². The van der Waals surface area contributed by atoms with E-state index in [2.05, 4.69) is 46.0 Å². The van der Waals surface area contributed by atoms with Crippen molar-refractivity contribution in [3.05, 3.63) is 17.3 Å². The van der Waals surface area contributed by atoms with Gasteiger partial charge >= 0.3 is 5.97 Å². The summed E-state index contributed by atoms with van der Waals surface area (Å²) in [6.45, 7) is 14.1. The average molecular weight is 386 g/mol. The Morgan fingerprint density at radius 2 is 2.04 bits per heavy atom. The smallest absolute Gasteiger partial charge is 0.317 e. The quantitative estimate of drug-likeness (QED) is 0.784. The number of fused-ring (bicyclic) bond motifs is 2. The van der Waals surface area contributed by atoms with Crippen LogP contribution in [0.4, 0.5) is 5.82 Å². The Hall–Kier alpha value is -2.29. The van der Waals surface area contributed by atoms with Crippen LogP contribution < -0.4 is 5.32 Å². The number of nitrogens with zero attached hydrogens (tertiary/aromatic N) is 2. The van der Waals surface area contributed by atoms with Crippen molar-refractivity contribution >= 4 is 17.6 Å². The number of nitrogens with one attached hydrogen (secondary N) is 1. The Labute approximate surface area is 167 Å². The zero-order valence-electron chi connectivity index (χ0n) is 18.0. The topological polar surface area (TPSA) is 84.1 Å². The molecule has 1 aromatic heterocycles. The number of ether oxygens (including phenoxy) is 1. The largest absolute Gasteiger partial charge is 0.465 e. The van der Waals surface area contributed by atoms with Crippen LogP contribution in [-0.4, -0.2) is 29.0 Å². The molecule has 1 N–H and O–H groups in total. The first kappa shape index (κ1) is 20.4. The minimum atomic E-state index is -1.18. The van der Waals surface area contributed by atoms with Gasteiger partial charge in [-0.25, -0.2) is 0 Å². The van der Waals surface area contributed by atoms with Crippen LogP contribution >= 0.6 is 0 Å². The predicted octanol–water partition coefficient (Wildman–Crippen LogP) is 3.73. The van der Waals surface area contributed by atoms with Crippen molar-refractivity contribution in [1.82, 2.24) is 4.57 Å². The summed E-state index contributed by atoms with van der Waals surface area (Å²) in [6.07, 6.45) is 2.99. The van der Waals surface area contributed by atoms with Gasteiger partial charge in [-0.05, 0) is 46.5 Å². The highest BCUT2D eigenvalue weighted by atomic mass is 16.5. The molecule has 0 aromatic carbocycles. The molecular formula is C22H31N3O3. The molecule has 0 spiro atoms. The number of aromatic nitrogens is 1. The van der Waals surface area contributed by atoms with E-state index in [-0.39, 0.29) is 29.4 Å². The summed E-state index contributed by atoms with van der Waals surface area (Å²) in [7, 11) is 0. The van der Waals surface area contributed by atoms with Gasteiger partial charge in [0.2, 0.25) is 0 Å². The van der Waals surface area contributed by atoms with E-state index in [4.69, 9.17) is 4.74 Å². The lowest BCUT2D eigenvalue weighted by atomic mass is 9.57. The number of ketones is 1. The van der Waals surface area contributed by atoms with E-state index >= 15 is 0 Å². The zero-order chi connectivity index (χ0) is 21.1. The maximum absolute atomic E-state index is 13.3. The number of rotatable bonds is 2. The van der Waals surface area contributed by atoms with Crippen LogP contribution in [0.2, 0.25) is 0 Å². The van der Waals surface area contributed by atoms with Crippen LogP contribution in [0.1, 0.15) is 72.4 Å². The van der Waals surface area contributed by atoms with Crippen LogP contribution in [0, 0.1) is 22.7 Å². The average Bonchev–Trinajstić information content (AvgIpc) is 2.92. The summed E-state index contributed by atoms with van der Waals surface area (Å²) in [5.41, 5.74) is -0.601. The Kier molecular flexibility index (Phi) is 4.65. The lowest BCUT2D eigenvalue weighted by Gasteiger charge is -2.50. The van der Waals surface area contributed by atoms with E-state index in [1.807, 2.05) is 4.57 Å². The highest BCUT2D eigenvalue weighted by molar-refractivity contribution is 5.97. The molecule has 6 nitrogen and oxygen atoms in total. The second kappa shape index (κ2) is 6.37. The molecule has 3 atom stereocenters. The summed E-state index contributed by atoms with van der Waals surface area (Å²) in [6, 6.07) is 2.07. The lowest BCUT2D eigenvalue weighted by molar-refractivity contribution is -0.157. The normalized spacial score (nSPS) is 28.6. The molecule has 3 rings (SSSR count). The fourth-order valence-electron chi connectivity index (χ4n) is 5.08. The van der Waals surface area contributed by atoms with Crippen molar-refractivity contribution in [3.63, 3.8) is 0 Å². The number of carbonyl (C=O) groups is 2. The first-order valence-electron chi connectivity index (χ1n) is 9.99. The minimum absolute atomic E-state index is 0.0577. The van der Waals surface area contributed by atoms with E-state index in [0.29, 0.717) is 17.5 Å². The van der Waals surface area contributed by atoms with Crippen molar-refractivity contribution in [2.24, 2.45) is 11.3 Å². The fraction of sp³-hybridized carbons (Fsp3) is 0.682. The van der Waals surface area contributed by atoms with Crippen LogP contribution in [0.5, 0.6) is 0 Å². The summed E-state index contributed by atoms with van der Waals surface area (Å²) >= 11 is 0. The van der Waals surface area contributed by atoms with Gasteiger partial charge in [0.15, 0.2) is 0 Å². The molecule has 2 heterocycles. The molecule has 0 radical (unpaired) electrons. The molecule has 1 fully saturated rings. The van der Waals surface area contributed by atoms with Crippen molar-refractivity contribution < 1.29 is 14.3 Å². The monoisotopic (exact) mass is 385 g/mol. The molecule has 1 saturated carbocycles. The fourth-order valence-corrected chi connectivity index (χ4v) is 5.08. The third-order valence-electron chi connectivity index (χ3n) is 6.19. The highest BCUT2D eigenvalue weighted by Gasteiger charge is 2.60. The van der Waals surface area contributed by atoms with Gasteiger partial charge in [-0.15, -0.1) is 0 Å². The number of anilines is 1. The third kappa shape index (κ3) is 2.92. The van der Waals surface area contributed by atoms with Crippen molar-refractivity contribution in [3.8, 4) is 6.07 Å². The molecule has 0 saturated heterocycles. The lowest BCUT2D eigenvalue weighted by Crippen LogP contribution is -2.59. The van der Waals surface area contributed by atoms with E-state index < -0.39 is 17.3 Å². The van der Waals surface area contributed by atoms with E-state index in [9.17, 15) is 14.9 Å². The van der Waals surface area contributed by atoms with Gasteiger partial charge in [0, 0.05) is 29.8 Å². The van der Waals surface area contributed by atoms with Gasteiger partial charge in [-0.1, -0.05) is 13.8 Å². The molecule has 152 valence electrons. The molecule has 0 unspecified atom stereocenters. The van der Waals surface area contributed by atoms with E-state index in [0.717, 1.165) is 12.2 Å². The van der Waals surface area contributed by atoms with Crippen molar-refractivity contribution in [2.45, 2.75) is 78.3 Å². The Balaban J connectivity index is 2.31. The van der Waals surface area contributed by atoms with Gasteiger partial charge in [0.05, 0.1) is 18.1 Å². The molecule has 1 aromatic rings. The molecular weight excluding hydrogens is 354 g/mol. The number of hydrogen-bond acceptors (Lipinski definition) is 5. The predicted molar refractivity (Wildman–Crippen MR) is 107 cm³/mol. The molecule has 0 amide bonds. The van der Waals surface area contributed by atoms with Gasteiger partial charge in [-0.2, -0.15) is 5.26 Å². The summed E-state index contributed by atoms with van der Waals surface area (Å²) in [5, 5.41) is 13.4. The van der Waals surface area contributed by atoms with Gasteiger partial charge in [0.25, 0.3) is 0 Å². The first-order valence-corrected chi connectivity index (χ1v) is 9.99. The maximum Gasteiger partial charge on any atom is 0.317 e. The Morgan fingerprint density at radius 3 is 2.57 bits per heavy atom. The standard InChI is InChI=1S/C22H31N3O3/c1-8-28-19(27)22(7)16-13(11-23)12-25(20(2,3)4)18(16)24-14-9-21(5,6)10-15(26)17(14)22/h12,14,17,24H,8-10H2,1-7H3/t14-,17-,22-/m1/s1. The van der Waals surface area contributed by atoms with E-state index in [1.54, 1.807) is 20.0 Å². The number of Topliss-reactive ketones (excluding diaryl/α,β-unsaturated/α-hetero) is 1. The molecule has 28 heavy (non-hydrogen) atoms. The number of carbonyl (C=O) groups excluding carboxylic acids is 2. The SMILES string of the molecule is CCOC(=O)[C@]1(C)c2c(C#N)cn(C(C)(C)C)c2N[C@@H]2CC(C)(C)CC(=O)[C@@H]21. The maximum atomic E-state index is 13.3. The van der Waals surface area contributed by atoms with Crippen LogP contribution in [-0.2, 0) is 25.3 Å². The van der Waals surface area contributed by atoms with Crippen LogP contribution in [0.15, 0.2) is 6.20 Å². The van der Waals surface area contributed by atoms with Crippen molar-refractivity contribution in [1.29, 1.82) is 5.26 Å². The summed E-state index contributed by atoms with van der Waals surface area (Å²) in [4.78, 5) is 26.5. The second-order valence-electron chi connectivity index (χ2n) is 10.1. The van der Waals surface area contributed by atoms with Crippen molar-refractivity contribution in [2.75, 3.05) is 11.9 Å². The molecule has 0 bridgehead atoms. The molecule has 1 aliphatic carbocycles. The minimum Gasteiger partial charge on any atom is -0.465 e. The van der Waals surface area contributed by atoms with Gasteiger partial charge in [0.1, 0.15) is 23.1 Å². The summed E-state index contributed by atoms with van der Waals surface area (Å²) < 4.78 is 7.46.